The van der Waals surface area contributed by atoms with E-state index in [4.69, 9.17) is 0 Å². The second-order valence-corrected chi connectivity index (χ2v) is 4.00. The summed E-state index contributed by atoms with van der Waals surface area (Å²) < 4.78 is 0. The number of thiol groups is 1. The van der Waals surface area contributed by atoms with Gasteiger partial charge in [-0.05, 0) is 33.4 Å². The summed E-state index contributed by atoms with van der Waals surface area (Å²) in [5.74, 6) is 0. The summed E-state index contributed by atoms with van der Waals surface area (Å²) in [6.45, 7) is 4.51. The minimum absolute atomic E-state index is 0.408. The zero-order valence-electron chi connectivity index (χ0n) is 7.38. The van der Waals surface area contributed by atoms with E-state index in [1.807, 2.05) is 7.05 Å². The number of hydrogen-bond donors (Lipinski definition) is 2. The highest BCUT2D eigenvalue weighted by atomic mass is 32.1. The molecule has 1 aliphatic heterocycles. The van der Waals surface area contributed by atoms with Gasteiger partial charge in [0, 0.05) is 18.0 Å². The fraction of sp³-hybridized carbons (Fsp3) is 1.00. The van der Waals surface area contributed by atoms with Crippen LogP contribution in [-0.4, -0.2) is 36.5 Å². The first-order chi connectivity index (χ1) is 5.24. The molecule has 1 saturated heterocycles. The average Bonchev–Trinajstić information content (AvgIpc) is 2.05. The Morgan fingerprint density at radius 1 is 1.64 bits per heavy atom. The molecule has 1 fully saturated rings. The van der Waals surface area contributed by atoms with Crippen LogP contribution >= 0.6 is 12.6 Å². The summed E-state index contributed by atoms with van der Waals surface area (Å²) >= 11 is 4.42. The van der Waals surface area contributed by atoms with Crippen molar-refractivity contribution in [2.75, 3.05) is 20.1 Å². The predicted molar refractivity (Wildman–Crippen MR) is 52.1 cm³/mol. The van der Waals surface area contributed by atoms with E-state index in [0.29, 0.717) is 11.4 Å². The number of likely N-dealkylation sites (tertiary alicyclic amines) is 1. The standard InChI is InChI=1S/C8H18N2S/c1-7(11)10-5-3-4-8(6-10)9-2/h7-9,11H,3-6H2,1-2H3. The van der Waals surface area contributed by atoms with Gasteiger partial charge in [-0.1, -0.05) is 0 Å². The van der Waals surface area contributed by atoms with Crippen molar-refractivity contribution in [1.29, 1.82) is 0 Å². The third-order valence-electron chi connectivity index (χ3n) is 2.39. The smallest absolute Gasteiger partial charge is 0.0499 e. The molecule has 2 atom stereocenters. The van der Waals surface area contributed by atoms with Crippen LogP contribution in [0.5, 0.6) is 0 Å². The lowest BCUT2D eigenvalue weighted by atomic mass is 10.1. The first-order valence-corrected chi connectivity index (χ1v) is 4.85. The van der Waals surface area contributed by atoms with Crippen LogP contribution in [0.15, 0.2) is 0 Å². The van der Waals surface area contributed by atoms with Crippen molar-refractivity contribution in [3.63, 3.8) is 0 Å². The highest BCUT2D eigenvalue weighted by Crippen LogP contribution is 2.13. The summed E-state index contributed by atoms with van der Waals surface area (Å²) in [5.41, 5.74) is 0. The van der Waals surface area contributed by atoms with Crippen molar-refractivity contribution in [2.45, 2.75) is 31.2 Å². The lowest BCUT2D eigenvalue weighted by Gasteiger charge is -2.34. The number of rotatable bonds is 2. The molecule has 0 bridgehead atoms. The summed E-state index contributed by atoms with van der Waals surface area (Å²) in [5, 5.41) is 3.72. The molecule has 3 heteroatoms. The molecule has 0 radical (unpaired) electrons. The van der Waals surface area contributed by atoms with E-state index < -0.39 is 0 Å². The number of hydrogen-bond acceptors (Lipinski definition) is 3. The summed E-state index contributed by atoms with van der Waals surface area (Å²) in [4.78, 5) is 2.41. The Hall–Kier alpha value is 0.270. The molecule has 66 valence electrons. The second kappa shape index (κ2) is 4.33. The first-order valence-electron chi connectivity index (χ1n) is 4.33. The monoisotopic (exact) mass is 174 g/mol. The highest BCUT2D eigenvalue weighted by molar-refractivity contribution is 7.80. The van der Waals surface area contributed by atoms with Crippen molar-refractivity contribution >= 4 is 12.6 Å². The molecule has 0 spiro atoms. The van der Waals surface area contributed by atoms with E-state index in [2.05, 4.69) is 29.8 Å². The lowest BCUT2D eigenvalue weighted by Crippen LogP contribution is -2.46. The molecule has 1 heterocycles. The SMILES string of the molecule is CNC1CCCN(C(C)S)C1. The zero-order valence-corrected chi connectivity index (χ0v) is 8.27. The fourth-order valence-electron chi connectivity index (χ4n) is 1.58. The van der Waals surface area contributed by atoms with Crippen LogP contribution in [-0.2, 0) is 0 Å². The Kier molecular flexibility index (Phi) is 3.69. The van der Waals surface area contributed by atoms with Crippen LogP contribution in [0.3, 0.4) is 0 Å². The summed E-state index contributed by atoms with van der Waals surface area (Å²) in [6, 6.07) is 0.679. The fourth-order valence-corrected chi connectivity index (χ4v) is 1.79. The second-order valence-electron chi connectivity index (χ2n) is 3.25. The maximum Gasteiger partial charge on any atom is 0.0499 e. The van der Waals surface area contributed by atoms with Gasteiger partial charge in [0.1, 0.15) is 0 Å². The molecule has 1 rings (SSSR count). The van der Waals surface area contributed by atoms with Crippen LogP contribution in [0.1, 0.15) is 19.8 Å². The van der Waals surface area contributed by atoms with Crippen LogP contribution in [0.4, 0.5) is 0 Å². The van der Waals surface area contributed by atoms with Gasteiger partial charge in [-0.3, -0.25) is 4.90 Å². The van der Waals surface area contributed by atoms with E-state index in [1.54, 1.807) is 0 Å². The molecule has 0 aromatic rings. The quantitative estimate of drug-likeness (QED) is 0.606. The Morgan fingerprint density at radius 2 is 2.36 bits per heavy atom. The first kappa shape index (κ1) is 9.36. The number of nitrogens with one attached hydrogen (secondary N) is 1. The number of nitrogens with zero attached hydrogens (tertiary/aromatic N) is 1. The van der Waals surface area contributed by atoms with Gasteiger partial charge in [-0.25, -0.2) is 0 Å². The minimum atomic E-state index is 0.408. The molecule has 0 saturated carbocycles. The van der Waals surface area contributed by atoms with Crippen molar-refractivity contribution in [3.05, 3.63) is 0 Å². The minimum Gasteiger partial charge on any atom is -0.316 e. The molecule has 2 unspecified atom stereocenters. The van der Waals surface area contributed by atoms with E-state index >= 15 is 0 Å². The molecule has 0 amide bonds. The van der Waals surface area contributed by atoms with Gasteiger partial charge in [0.05, 0.1) is 0 Å². The van der Waals surface area contributed by atoms with Crippen molar-refractivity contribution < 1.29 is 0 Å². The predicted octanol–water partition coefficient (Wildman–Crippen LogP) is 0.946. The summed E-state index contributed by atoms with van der Waals surface area (Å²) in [7, 11) is 2.04. The Morgan fingerprint density at radius 3 is 2.91 bits per heavy atom. The van der Waals surface area contributed by atoms with Gasteiger partial charge >= 0.3 is 0 Å². The largest absolute Gasteiger partial charge is 0.316 e. The maximum atomic E-state index is 4.42. The van der Waals surface area contributed by atoms with E-state index in [9.17, 15) is 0 Å². The topological polar surface area (TPSA) is 15.3 Å². The molecular formula is C8H18N2S. The van der Waals surface area contributed by atoms with E-state index in [1.165, 1.54) is 19.4 Å². The van der Waals surface area contributed by atoms with Crippen LogP contribution in [0.2, 0.25) is 0 Å². The number of likely N-dealkylation sites (N-methyl/N-ethyl adjacent to an activating group) is 1. The van der Waals surface area contributed by atoms with Gasteiger partial charge in [-0.2, -0.15) is 12.6 Å². The molecule has 0 aromatic heterocycles. The molecular weight excluding hydrogens is 156 g/mol. The van der Waals surface area contributed by atoms with Gasteiger partial charge < -0.3 is 5.32 Å². The maximum absolute atomic E-state index is 4.42. The molecule has 2 nitrogen and oxygen atoms in total. The number of piperidine rings is 1. The third-order valence-corrected chi connectivity index (χ3v) is 2.72. The Labute approximate surface area is 74.8 Å². The van der Waals surface area contributed by atoms with Crippen LogP contribution in [0, 0.1) is 0 Å². The average molecular weight is 174 g/mol. The van der Waals surface area contributed by atoms with Crippen molar-refractivity contribution in [2.24, 2.45) is 0 Å². The molecule has 0 aliphatic carbocycles. The van der Waals surface area contributed by atoms with Crippen LogP contribution < -0.4 is 5.32 Å². The molecule has 11 heavy (non-hydrogen) atoms. The van der Waals surface area contributed by atoms with Gasteiger partial charge in [0.2, 0.25) is 0 Å². The normalized spacial score (nSPS) is 30.3. The van der Waals surface area contributed by atoms with E-state index in [-0.39, 0.29) is 0 Å². The molecule has 0 aromatic carbocycles. The van der Waals surface area contributed by atoms with Crippen LogP contribution in [0.25, 0.3) is 0 Å². The Bertz CT molecular complexity index is 117. The molecule has 1 N–H and O–H groups in total. The molecule has 1 aliphatic rings. The zero-order chi connectivity index (χ0) is 8.27. The lowest BCUT2D eigenvalue weighted by molar-refractivity contribution is 0.190. The van der Waals surface area contributed by atoms with Gasteiger partial charge in [-0.15, -0.1) is 0 Å². The summed E-state index contributed by atoms with van der Waals surface area (Å²) in [6.07, 6.45) is 2.61. The van der Waals surface area contributed by atoms with E-state index in [0.717, 1.165) is 6.54 Å². The van der Waals surface area contributed by atoms with Gasteiger partial charge in [0.15, 0.2) is 0 Å². The van der Waals surface area contributed by atoms with Gasteiger partial charge in [0.25, 0.3) is 0 Å². The Balaban J connectivity index is 2.33. The third kappa shape index (κ3) is 2.65. The van der Waals surface area contributed by atoms with Crippen molar-refractivity contribution in [1.82, 2.24) is 10.2 Å². The highest BCUT2D eigenvalue weighted by Gasteiger charge is 2.19. The van der Waals surface area contributed by atoms with Crippen molar-refractivity contribution in [3.8, 4) is 0 Å².